The van der Waals surface area contributed by atoms with Gasteiger partial charge < -0.3 is 16.0 Å². The highest BCUT2D eigenvalue weighted by atomic mass is 32.1. The molecular weight excluding hydrogens is 350 g/mol. The van der Waals surface area contributed by atoms with Crippen LogP contribution in [-0.2, 0) is 11.2 Å². The molecule has 0 bridgehead atoms. The molecular formula is C18H31N5O2S. The lowest BCUT2D eigenvalue weighted by Crippen LogP contribution is -2.16. The molecule has 0 aromatic carbocycles. The van der Waals surface area contributed by atoms with Crippen LogP contribution in [0.15, 0.2) is 17.9 Å². The summed E-state index contributed by atoms with van der Waals surface area (Å²) in [5.74, 6) is 0.804. The first-order valence-corrected chi connectivity index (χ1v) is 9.80. The first-order valence-electron chi connectivity index (χ1n) is 8.92. The molecule has 0 spiro atoms. The predicted molar refractivity (Wildman–Crippen MR) is 106 cm³/mol. The lowest BCUT2D eigenvalue weighted by Gasteiger charge is -2.00. The van der Waals surface area contributed by atoms with Crippen molar-refractivity contribution < 1.29 is 9.59 Å². The molecule has 0 fully saturated rings. The molecule has 7 nitrogen and oxygen atoms in total. The van der Waals surface area contributed by atoms with Crippen molar-refractivity contribution >= 4 is 23.2 Å². The SMILES string of the molecule is CC.CNC(=O)CCCCCCc1ncc(C)[nH]1.NC(=O)c1cncs1. The number of imidazole rings is 1. The molecule has 0 aliphatic rings. The minimum atomic E-state index is -0.410. The summed E-state index contributed by atoms with van der Waals surface area (Å²) in [7, 11) is 1.68. The van der Waals surface area contributed by atoms with Crippen molar-refractivity contribution in [3.05, 3.63) is 34.3 Å². The van der Waals surface area contributed by atoms with E-state index in [0.717, 1.165) is 43.6 Å². The van der Waals surface area contributed by atoms with Gasteiger partial charge in [0.05, 0.1) is 11.7 Å². The Labute approximate surface area is 159 Å². The summed E-state index contributed by atoms with van der Waals surface area (Å²) in [5, 5.41) is 2.63. The summed E-state index contributed by atoms with van der Waals surface area (Å²) < 4.78 is 0. The van der Waals surface area contributed by atoms with E-state index in [-0.39, 0.29) is 5.91 Å². The number of aryl methyl sites for hydroxylation is 2. The smallest absolute Gasteiger partial charge is 0.260 e. The van der Waals surface area contributed by atoms with E-state index < -0.39 is 5.91 Å². The van der Waals surface area contributed by atoms with Gasteiger partial charge in [0, 0.05) is 31.8 Å². The van der Waals surface area contributed by atoms with Crippen molar-refractivity contribution in [3.63, 3.8) is 0 Å². The Balaban J connectivity index is 0.000000522. The molecule has 2 rings (SSSR count). The van der Waals surface area contributed by atoms with Crippen LogP contribution in [0.1, 0.15) is 67.1 Å². The third kappa shape index (κ3) is 11.4. The van der Waals surface area contributed by atoms with E-state index in [1.54, 1.807) is 12.6 Å². The standard InChI is InChI=1S/C12H21N3O.C4H4N2OS.C2H6/c1-10-9-14-11(15-10)7-5-3-4-6-8-12(16)13-2;5-4(7)3-1-6-2-8-3;1-2/h9H,3-8H2,1-2H3,(H,13,16)(H,14,15);1-2H,(H2,5,7);1-2H3. The Morgan fingerprint density at radius 2 is 1.88 bits per heavy atom. The largest absolute Gasteiger partial charge is 0.365 e. The fraction of sp³-hybridized carbons (Fsp3) is 0.556. The number of hydrogen-bond acceptors (Lipinski definition) is 5. The molecule has 0 saturated heterocycles. The second-order valence-electron chi connectivity index (χ2n) is 5.33. The number of hydrogen-bond donors (Lipinski definition) is 3. The molecule has 146 valence electrons. The maximum atomic E-state index is 10.9. The number of unbranched alkanes of at least 4 members (excludes halogenated alkanes) is 3. The molecule has 0 radical (unpaired) electrons. The Hall–Kier alpha value is -2.22. The number of primary amides is 1. The summed E-state index contributed by atoms with van der Waals surface area (Å²) in [6, 6.07) is 0. The van der Waals surface area contributed by atoms with Crippen LogP contribution >= 0.6 is 11.3 Å². The average Bonchev–Trinajstić information content (AvgIpc) is 3.32. The number of nitrogens with one attached hydrogen (secondary N) is 2. The van der Waals surface area contributed by atoms with E-state index in [1.807, 2.05) is 27.0 Å². The van der Waals surface area contributed by atoms with E-state index in [0.29, 0.717) is 11.3 Å². The van der Waals surface area contributed by atoms with Crippen LogP contribution in [0, 0.1) is 6.92 Å². The molecule has 0 aliphatic heterocycles. The normalized spacial score (nSPS) is 9.38. The zero-order valence-corrected chi connectivity index (χ0v) is 17.0. The number of rotatable bonds is 8. The molecule has 4 N–H and O–H groups in total. The Morgan fingerprint density at radius 3 is 2.35 bits per heavy atom. The molecule has 0 saturated carbocycles. The van der Waals surface area contributed by atoms with Crippen molar-refractivity contribution in [2.45, 2.75) is 59.3 Å². The van der Waals surface area contributed by atoms with Crippen LogP contribution in [0.5, 0.6) is 0 Å². The summed E-state index contributed by atoms with van der Waals surface area (Å²) in [5.41, 5.74) is 7.58. The number of carbonyl (C=O) groups is 2. The quantitative estimate of drug-likeness (QED) is 0.609. The monoisotopic (exact) mass is 381 g/mol. The highest BCUT2D eigenvalue weighted by molar-refractivity contribution is 7.11. The fourth-order valence-electron chi connectivity index (χ4n) is 1.99. The Morgan fingerprint density at radius 1 is 1.19 bits per heavy atom. The second kappa shape index (κ2) is 15.1. The zero-order valence-electron chi connectivity index (χ0n) is 16.2. The van der Waals surface area contributed by atoms with Gasteiger partial charge >= 0.3 is 0 Å². The van der Waals surface area contributed by atoms with Crippen molar-refractivity contribution in [1.29, 1.82) is 0 Å². The molecule has 2 heterocycles. The number of carbonyl (C=O) groups excluding carboxylic acids is 2. The van der Waals surface area contributed by atoms with E-state index in [9.17, 15) is 9.59 Å². The van der Waals surface area contributed by atoms with Crippen molar-refractivity contribution in [1.82, 2.24) is 20.3 Å². The maximum Gasteiger partial charge on any atom is 0.260 e. The van der Waals surface area contributed by atoms with Gasteiger partial charge in [0.15, 0.2) is 0 Å². The molecule has 2 amide bonds. The van der Waals surface area contributed by atoms with Gasteiger partial charge in [-0.25, -0.2) is 4.98 Å². The molecule has 2 aromatic heterocycles. The summed E-state index contributed by atoms with van der Waals surface area (Å²) >= 11 is 1.25. The number of nitrogens with two attached hydrogens (primary N) is 1. The van der Waals surface area contributed by atoms with Gasteiger partial charge in [0.1, 0.15) is 10.7 Å². The highest BCUT2D eigenvalue weighted by Crippen LogP contribution is 2.07. The molecule has 0 atom stereocenters. The van der Waals surface area contributed by atoms with E-state index in [2.05, 4.69) is 20.3 Å². The van der Waals surface area contributed by atoms with Crippen LogP contribution in [0.2, 0.25) is 0 Å². The molecule has 2 aromatic rings. The van der Waals surface area contributed by atoms with Crippen LogP contribution in [0.4, 0.5) is 0 Å². The topological polar surface area (TPSA) is 114 Å². The first kappa shape index (κ1) is 23.8. The second-order valence-corrected chi connectivity index (χ2v) is 6.22. The van der Waals surface area contributed by atoms with Crippen LogP contribution in [0.25, 0.3) is 0 Å². The molecule has 0 unspecified atom stereocenters. The van der Waals surface area contributed by atoms with Crippen LogP contribution < -0.4 is 11.1 Å². The zero-order chi connectivity index (χ0) is 19.8. The molecule has 8 heteroatoms. The minimum absolute atomic E-state index is 0.140. The minimum Gasteiger partial charge on any atom is -0.365 e. The summed E-state index contributed by atoms with van der Waals surface area (Å²) in [6.45, 7) is 6.01. The van der Waals surface area contributed by atoms with Crippen molar-refractivity contribution in [2.24, 2.45) is 5.73 Å². The third-order valence-electron chi connectivity index (χ3n) is 3.28. The van der Waals surface area contributed by atoms with Crippen molar-refractivity contribution in [3.8, 4) is 0 Å². The molecule has 0 aliphatic carbocycles. The number of thiazole rings is 1. The van der Waals surface area contributed by atoms with Crippen LogP contribution in [0.3, 0.4) is 0 Å². The van der Waals surface area contributed by atoms with Gasteiger partial charge in [-0.3, -0.25) is 14.6 Å². The van der Waals surface area contributed by atoms with E-state index >= 15 is 0 Å². The van der Waals surface area contributed by atoms with E-state index in [4.69, 9.17) is 5.73 Å². The number of amides is 2. The number of H-pyrrole nitrogens is 1. The van der Waals surface area contributed by atoms with Crippen LogP contribution in [-0.4, -0.2) is 33.8 Å². The van der Waals surface area contributed by atoms with Crippen molar-refractivity contribution in [2.75, 3.05) is 7.05 Å². The van der Waals surface area contributed by atoms with Gasteiger partial charge in [0.2, 0.25) is 5.91 Å². The maximum absolute atomic E-state index is 10.9. The van der Waals surface area contributed by atoms with Gasteiger partial charge in [0.25, 0.3) is 5.91 Å². The summed E-state index contributed by atoms with van der Waals surface area (Å²) in [4.78, 5) is 32.8. The number of aromatic nitrogens is 3. The number of aromatic amines is 1. The lowest BCUT2D eigenvalue weighted by atomic mass is 10.1. The molecule has 26 heavy (non-hydrogen) atoms. The Bertz CT molecular complexity index is 611. The average molecular weight is 382 g/mol. The highest BCUT2D eigenvalue weighted by Gasteiger charge is 1.99. The first-order chi connectivity index (χ1) is 12.5. The third-order valence-corrected chi connectivity index (χ3v) is 4.06. The predicted octanol–water partition coefficient (Wildman–Crippen LogP) is 3.23. The Kier molecular flexibility index (Phi) is 13.8. The van der Waals surface area contributed by atoms with Gasteiger partial charge in [-0.05, 0) is 19.8 Å². The van der Waals surface area contributed by atoms with Gasteiger partial charge in [-0.2, -0.15) is 0 Å². The number of nitrogens with zero attached hydrogens (tertiary/aromatic N) is 2. The van der Waals surface area contributed by atoms with Gasteiger partial charge in [-0.15, -0.1) is 11.3 Å². The lowest BCUT2D eigenvalue weighted by molar-refractivity contribution is -0.120. The summed E-state index contributed by atoms with van der Waals surface area (Å²) in [6.07, 6.45) is 9.37. The van der Waals surface area contributed by atoms with E-state index in [1.165, 1.54) is 17.5 Å². The van der Waals surface area contributed by atoms with Gasteiger partial charge in [-0.1, -0.05) is 26.7 Å². The fourth-order valence-corrected chi connectivity index (χ4v) is 2.46.